The van der Waals surface area contributed by atoms with E-state index in [2.05, 4.69) is 21.9 Å². The van der Waals surface area contributed by atoms with Gasteiger partial charge in [-0.3, -0.25) is 0 Å². The molecule has 0 aromatic carbocycles. The summed E-state index contributed by atoms with van der Waals surface area (Å²) in [5, 5.41) is 0. The summed E-state index contributed by atoms with van der Waals surface area (Å²) in [4.78, 5) is 0. The zero-order chi connectivity index (χ0) is 12.5. The predicted octanol–water partition coefficient (Wildman–Crippen LogP) is 1.79. The predicted molar refractivity (Wildman–Crippen MR) is 65.4 cm³/mol. The van der Waals surface area contributed by atoms with Crippen LogP contribution in [0.3, 0.4) is 0 Å². The number of halogens is 1. The van der Waals surface area contributed by atoms with Gasteiger partial charge in [0.25, 0.3) is 0 Å². The van der Waals surface area contributed by atoms with E-state index in [0.29, 0.717) is 6.61 Å². The molecule has 94 valence electrons. The van der Waals surface area contributed by atoms with Crippen LogP contribution in [0.25, 0.3) is 0 Å². The topological polar surface area (TPSA) is 36.9 Å². The molecule has 4 nitrogen and oxygen atoms in total. The van der Waals surface area contributed by atoms with E-state index in [4.69, 9.17) is 25.4 Å². The largest absolute Gasteiger partial charge is 0.492 e. The standard InChI is InChI=1S/C12H15BrO4/c1-4-5-14-10-8(13)6-15-9-7-16-12(2,3)17-11(9)10/h1,6,9-11H,5,7H2,2-3H3/t9-,10-,11-/m1/s1. The summed E-state index contributed by atoms with van der Waals surface area (Å²) in [5.41, 5.74) is 0. The lowest BCUT2D eigenvalue weighted by molar-refractivity contribution is -0.321. The fraction of sp³-hybridized carbons (Fsp3) is 0.667. The molecule has 0 spiro atoms. The van der Waals surface area contributed by atoms with E-state index in [-0.39, 0.29) is 24.9 Å². The van der Waals surface area contributed by atoms with Crippen molar-refractivity contribution in [1.82, 2.24) is 0 Å². The molecule has 3 atom stereocenters. The molecule has 0 aromatic rings. The van der Waals surface area contributed by atoms with Crippen LogP contribution in [-0.4, -0.2) is 37.3 Å². The quantitative estimate of drug-likeness (QED) is 0.729. The molecular formula is C12H15BrO4. The first kappa shape index (κ1) is 12.9. The lowest BCUT2D eigenvalue weighted by Crippen LogP contribution is -2.56. The zero-order valence-corrected chi connectivity index (χ0v) is 11.4. The van der Waals surface area contributed by atoms with Crippen molar-refractivity contribution >= 4 is 15.9 Å². The molecule has 5 heteroatoms. The van der Waals surface area contributed by atoms with Gasteiger partial charge in [-0.15, -0.1) is 6.42 Å². The van der Waals surface area contributed by atoms with E-state index in [1.165, 1.54) is 0 Å². The van der Waals surface area contributed by atoms with Crippen LogP contribution < -0.4 is 0 Å². The highest BCUT2D eigenvalue weighted by atomic mass is 79.9. The fourth-order valence-corrected chi connectivity index (χ4v) is 2.38. The maximum Gasteiger partial charge on any atom is 0.163 e. The van der Waals surface area contributed by atoms with Crippen molar-refractivity contribution in [2.75, 3.05) is 13.2 Å². The fourth-order valence-electron chi connectivity index (χ4n) is 1.88. The zero-order valence-electron chi connectivity index (χ0n) is 9.81. The molecule has 1 saturated heterocycles. The van der Waals surface area contributed by atoms with Gasteiger partial charge < -0.3 is 18.9 Å². The summed E-state index contributed by atoms with van der Waals surface area (Å²) in [6.45, 7) is 4.45. The maximum atomic E-state index is 5.85. The molecule has 0 saturated carbocycles. The van der Waals surface area contributed by atoms with Gasteiger partial charge >= 0.3 is 0 Å². The number of fused-ring (bicyclic) bond motifs is 1. The first-order valence-corrected chi connectivity index (χ1v) is 6.20. The summed E-state index contributed by atoms with van der Waals surface area (Å²) < 4.78 is 23.3. The Morgan fingerprint density at radius 1 is 1.65 bits per heavy atom. The second kappa shape index (κ2) is 4.99. The van der Waals surface area contributed by atoms with Gasteiger partial charge in [0.15, 0.2) is 11.9 Å². The van der Waals surface area contributed by atoms with E-state index < -0.39 is 5.79 Å². The summed E-state index contributed by atoms with van der Waals surface area (Å²) in [5.74, 6) is 1.82. The number of rotatable bonds is 2. The van der Waals surface area contributed by atoms with E-state index in [0.717, 1.165) is 4.48 Å². The van der Waals surface area contributed by atoms with Crippen LogP contribution in [0.5, 0.6) is 0 Å². The van der Waals surface area contributed by atoms with E-state index >= 15 is 0 Å². The average molecular weight is 303 g/mol. The molecule has 0 bridgehead atoms. The van der Waals surface area contributed by atoms with Crippen LogP contribution in [0.4, 0.5) is 0 Å². The van der Waals surface area contributed by atoms with Crippen molar-refractivity contribution < 1.29 is 18.9 Å². The smallest absolute Gasteiger partial charge is 0.163 e. The van der Waals surface area contributed by atoms with Crippen molar-refractivity contribution in [3.63, 3.8) is 0 Å². The lowest BCUT2D eigenvalue weighted by Gasteiger charge is -2.45. The van der Waals surface area contributed by atoms with Gasteiger partial charge in [0, 0.05) is 0 Å². The Labute approximate surface area is 109 Å². The minimum atomic E-state index is -0.632. The summed E-state index contributed by atoms with van der Waals surface area (Å²) >= 11 is 3.41. The minimum Gasteiger partial charge on any atom is -0.492 e. The van der Waals surface area contributed by atoms with Crippen LogP contribution in [0.2, 0.25) is 0 Å². The molecule has 0 amide bonds. The molecule has 0 aromatic heterocycles. The molecule has 2 aliphatic rings. The van der Waals surface area contributed by atoms with Gasteiger partial charge in [0.1, 0.15) is 18.8 Å². The van der Waals surface area contributed by atoms with Crippen molar-refractivity contribution in [2.45, 2.75) is 37.9 Å². The van der Waals surface area contributed by atoms with Crippen molar-refractivity contribution in [3.8, 4) is 12.3 Å². The monoisotopic (exact) mass is 302 g/mol. The minimum absolute atomic E-state index is 0.160. The molecular weight excluding hydrogens is 288 g/mol. The van der Waals surface area contributed by atoms with Crippen LogP contribution in [0.15, 0.2) is 10.7 Å². The molecule has 2 aliphatic heterocycles. The second-order valence-corrected chi connectivity index (χ2v) is 5.32. The highest BCUT2D eigenvalue weighted by molar-refractivity contribution is 9.11. The van der Waals surface area contributed by atoms with Gasteiger partial charge in [0.2, 0.25) is 0 Å². The van der Waals surface area contributed by atoms with Gasteiger partial charge in [-0.05, 0) is 29.8 Å². The SMILES string of the molecule is C#CCO[C@@H]1C(Br)=CO[C@@H]2COC(C)(C)O[C@@H]12. The highest BCUT2D eigenvalue weighted by Gasteiger charge is 2.45. The lowest BCUT2D eigenvalue weighted by atomic mass is 10.0. The Hall–Kier alpha value is -0.540. The molecule has 1 fully saturated rings. The van der Waals surface area contributed by atoms with E-state index in [1.807, 2.05) is 13.8 Å². The van der Waals surface area contributed by atoms with Crippen molar-refractivity contribution in [3.05, 3.63) is 10.7 Å². The van der Waals surface area contributed by atoms with Crippen molar-refractivity contribution in [2.24, 2.45) is 0 Å². The number of terminal acetylenes is 1. The van der Waals surface area contributed by atoms with Crippen LogP contribution in [-0.2, 0) is 18.9 Å². The third kappa shape index (κ3) is 2.83. The summed E-state index contributed by atoms with van der Waals surface area (Å²) in [6.07, 6.45) is 6.21. The van der Waals surface area contributed by atoms with Gasteiger partial charge in [-0.2, -0.15) is 0 Å². The molecule has 2 rings (SSSR count). The molecule has 0 N–H and O–H groups in total. The highest BCUT2D eigenvalue weighted by Crippen LogP contribution is 2.34. The Kier molecular flexibility index (Phi) is 3.79. The molecule has 17 heavy (non-hydrogen) atoms. The third-order valence-electron chi connectivity index (χ3n) is 2.65. The normalized spacial score (nSPS) is 35.2. The third-order valence-corrected chi connectivity index (χ3v) is 3.29. The molecule has 2 heterocycles. The first-order valence-electron chi connectivity index (χ1n) is 5.41. The maximum absolute atomic E-state index is 5.85. The van der Waals surface area contributed by atoms with Gasteiger partial charge in [-0.25, -0.2) is 0 Å². The summed E-state index contributed by atoms with van der Waals surface area (Å²) in [6, 6.07) is 0. The molecule has 0 unspecified atom stereocenters. The first-order chi connectivity index (χ1) is 8.03. The van der Waals surface area contributed by atoms with Gasteiger partial charge in [0.05, 0.1) is 17.4 Å². The Balaban J connectivity index is 2.14. The Morgan fingerprint density at radius 3 is 3.12 bits per heavy atom. The Morgan fingerprint density at radius 2 is 2.41 bits per heavy atom. The van der Waals surface area contributed by atoms with Crippen LogP contribution >= 0.6 is 15.9 Å². The molecule has 0 radical (unpaired) electrons. The van der Waals surface area contributed by atoms with E-state index in [1.54, 1.807) is 6.26 Å². The Bertz CT molecular complexity index is 358. The molecule has 0 aliphatic carbocycles. The number of ether oxygens (including phenoxy) is 4. The number of hydrogen-bond donors (Lipinski definition) is 0. The second-order valence-electron chi connectivity index (χ2n) is 4.41. The van der Waals surface area contributed by atoms with Gasteiger partial charge in [-0.1, -0.05) is 5.92 Å². The average Bonchev–Trinajstić information content (AvgIpc) is 2.27. The van der Waals surface area contributed by atoms with E-state index in [9.17, 15) is 0 Å². The number of hydrogen-bond acceptors (Lipinski definition) is 4. The van der Waals surface area contributed by atoms with Crippen molar-refractivity contribution in [1.29, 1.82) is 0 Å². The summed E-state index contributed by atoms with van der Waals surface area (Å²) in [7, 11) is 0. The van der Waals surface area contributed by atoms with Crippen LogP contribution in [0, 0.1) is 12.3 Å². The van der Waals surface area contributed by atoms with Crippen LogP contribution in [0.1, 0.15) is 13.8 Å².